The minimum Gasteiger partial charge on any atom is -0.345 e. The first-order valence-electron chi connectivity index (χ1n) is 6.47. The molecule has 0 spiro atoms. The molecule has 2 heterocycles. The van der Waals surface area contributed by atoms with E-state index in [1.54, 1.807) is 17.3 Å². The molecule has 1 N–H and O–H groups in total. The quantitative estimate of drug-likeness (QED) is 0.791. The highest BCUT2D eigenvalue weighted by Gasteiger charge is 2.16. The van der Waals surface area contributed by atoms with Crippen LogP contribution in [0, 0.1) is 0 Å². The van der Waals surface area contributed by atoms with Gasteiger partial charge in [-0.15, -0.1) is 0 Å². The topological polar surface area (TPSA) is 49.0 Å². The number of fused-ring (bicyclic) bond motifs is 1. The summed E-state index contributed by atoms with van der Waals surface area (Å²) in [7, 11) is 1.81. The molecular weight excluding hydrogens is 250 g/mol. The molecule has 4 heteroatoms. The fourth-order valence-electron chi connectivity index (χ4n) is 2.27. The van der Waals surface area contributed by atoms with E-state index < -0.39 is 0 Å². The van der Waals surface area contributed by atoms with Gasteiger partial charge in [0, 0.05) is 31.4 Å². The number of nitrogens with one attached hydrogen (secondary N) is 1. The van der Waals surface area contributed by atoms with Crippen molar-refractivity contribution >= 4 is 16.9 Å². The SMILES string of the molecule is CN(Cc1ccccc1)C(=O)c1c[nH]c2ncccc12. The van der Waals surface area contributed by atoms with Crippen molar-refractivity contribution in [3.8, 4) is 0 Å². The summed E-state index contributed by atoms with van der Waals surface area (Å²) in [6.07, 6.45) is 3.43. The maximum Gasteiger partial charge on any atom is 0.256 e. The number of hydrogen-bond donors (Lipinski definition) is 1. The predicted molar refractivity (Wildman–Crippen MR) is 78.3 cm³/mol. The summed E-state index contributed by atoms with van der Waals surface area (Å²) in [5.41, 5.74) is 2.51. The van der Waals surface area contributed by atoms with E-state index in [0.717, 1.165) is 16.6 Å². The number of rotatable bonds is 3. The number of benzene rings is 1. The zero-order valence-corrected chi connectivity index (χ0v) is 11.2. The number of carbonyl (C=O) groups is 1. The number of hydrogen-bond acceptors (Lipinski definition) is 2. The fraction of sp³-hybridized carbons (Fsp3) is 0.125. The van der Waals surface area contributed by atoms with Crippen LogP contribution in [-0.2, 0) is 6.54 Å². The van der Waals surface area contributed by atoms with Gasteiger partial charge in [0.2, 0.25) is 0 Å². The minimum atomic E-state index is -0.00639. The molecule has 0 aliphatic carbocycles. The predicted octanol–water partition coefficient (Wildman–Crippen LogP) is 2.84. The molecule has 1 aromatic carbocycles. The zero-order valence-electron chi connectivity index (χ0n) is 11.2. The Kier molecular flexibility index (Phi) is 3.21. The van der Waals surface area contributed by atoms with Crippen molar-refractivity contribution in [2.75, 3.05) is 7.05 Å². The molecule has 100 valence electrons. The first-order chi connectivity index (χ1) is 9.75. The van der Waals surface area contributed by atoms with Crippen LogP contribution < -0.4 is 0 Å². The molecule has 0 aliphatic heterocycles. The number of aromatic nitrogens is 2. The lowest BCUT2D eigenvalue weighted by molar-refractivity contribution is 0.0787. The van der Waals surface area contributed by atoms with E-state index in [-0.39, 0.29) is 5.91 Å². The van der Waals surface area contributed by atoms with Crippen molar-refractivity contribution in [1.29, 1.82) is 0 Å². The lowest BCUT2D eigenvalue weighted by atomic mass is 10.1. The molecule has 0 saturated carbocycles. The number of nitrogens with zero attached hydrogens (tertiary/aromatic N) is 2. The largest absolute Gasteiger partial charge is 0.345 e. The third-order valence-corrected chi connectivity index (χ3v) is 3.29. The fourth-order valence-corrected chi connectivity index (χ4v) is 2.27. The van der Waals surface area contributed by atoms with Crippen LogP contribution in [0.3, 0.4) is 0 Å². The third kappa shape index (κ3) is 2.28. The molecule has 0 atom stereocenters. The molecule has 0 aliphatic rings. The monoisotopic (exact) mass is 265 g/mol. The highest BCUT2D eigenvalue weighted by Crippen LogP contribution is 2.18. The number of pyridine rings is 1. The standard InChI is InChI=1S/C16H15N3O/c1-19(11-12-6-3-2-4-7-12)16(20)14-10-18-15-13(14)8-5-9-17-15/h2-10H,11H2,1H3,(H,17,18). The Morgan fingerprint density at radius 1 is 1.20 bits per heavy atom. The summed E-state index contributed by atoms with van der Waals surface area (Å²) >= 11 is 0. The normalized spacial score (nSPS) is 10.7. The summed E-state index contributed by atoms with van der Waals surface area (Å²) in [6.45, 7) is 0.590. The van der Waals surface area contributed by atoms with E-state index in [0.29, 0.717) is 12.1 Å². The van der Waals surface area contributed by atoms with Crippen LogP contribution in [0.2, 0.25) is 0 Å². The van der Waals surface area contributed by atoms with Crippen LogP contribution in [0.1, 0.15) is 15.9 Å². The molecule has 3 aromatic rings. The smallest absolute Gasteiger partial charge is 0.256 e. The van der Waals surface area contributed by atoms with Crippen molar-refractivity contribution < 1.29 is 4.79 Å². The van der Waals surface area contributed by atoms with Crippen molar-refractivity contribution in [2.45, 2.75) is 6.54 Å². The first kappa shape index (κ1) is 12.4. The summed E-state index contributed by atoms with van der Waals surface area (Å²) in [5, 5.41) is 0.859. The Morgan fingerprint density at radius 3 is 2.80 bits per heavy atom. The second kappa shape index (κ2) is 5.17. The molecule has 1 amide bonds. The third-order valence-electron chi connectivity index (χ3n) is 3.29. The van der Waals surface area contributed by atoms with Gasteiger partial charge >= 0.3 is 0 Å². The number of H-pyrrole nitrogens is 1. The molecule has 0 unspecified atom stereocenters. The van der Waals surface area contributed by atoms with Crippen LogP contribution in [-0.4, -0.2) is 27.8 Å². The van der Waals surface area contributed by atoms with E-state index >= 15 is 0 Å². The molecule has 0 bridgehead atoms. The van der Waals surface area contributed by atoms with E-state index in [1.165, 1.54) is 0 Å². The van der Waals surface area contributed by atoms with Crippen LogP contribution >= 0.6 is 0 Å². The van der Waals surface area contributed by atoms with Gasteiger partial charge in [0.05, 0.1) is 5.56 Å². The van der Waals surface area contributed by atoms with Crippen molar-refractivity contribution in [1.82, 2.24) is 14.9 Å². The average molecular weight is 265 g/mol. The average Bonchev–Trinajstić information content (AvgIpc) is 2.91. The summed E-state index contributed by atoms with van der Waals surface area (Å²) in [6, 6.07) is 13.7. The molecule has 0 radical (unpaired) electrons. The lowest BCUT2D eigenvalue weighted by Gasteiger charge is -2.16. The molecule has 4 nitrogen and oxygen atoms in total. The number of carbonyl (C=O) groups excluding carboxylic acids is 1. The van der Waals surface area contributed by atoms with Gasteiger partial charge in [-0.2, -0.15) is 0 Å². The Labute approximate surface area is 117 Å². The van der Waals surface area contributed by atoms with E-state index in [9.17, 15) is 4.79 Å². The molecule has 20 heavy (non-hydrogen) atoms. The van der Waals surface area contributed by atoms with Gasteiger partial charge in [-0.3, -0.25) is 4.79 Å². The summed E-state index contributed by atoms with van der Waals surface area (Å²) in [4.78, 5) is 21.4. The van der Waals surface area contributed by atoms with E-state index in [1.807, 2.05) is 49.5 Å². The van der Waals surface area contributed by atoms with Gasteiger partial charge in [0.25, 0.3) is 5.91 Å². The highest BCUT2D eigenvalue weighted by atomic mass is 16.2. The van der Waals surface area contributed by atoms with Crippen LogP contribution in [0.25, 0.3) is 11.0 Å². The Hall–Kier alpha value is -2.62. The Morgan fingerprint density at radius 2 is 2.00 bits per heavy atom. The summed E-state index contributed by atoms with van der Waals surface area (Å²) in [5.74, 6) is -0.00639. The Bertz CT molecular complexity index is 734. The van der Waals surface area contributed by atoms with Crippen LogP contribution in [0.4, 0.5) is 0 Å². The summed E-state index contributed by atoms with van der Waals surface area (Å²) < 4.78 is 0. The van der Waals surface area contributed by atoms with E-state index in [2.05, 4.69) is 9.97 Å². The molecule has 0 saturated heterocycles. The van der Waals surface area contributed by atoms with Crippen molar-refractivity contribution in [3.05, 3.63) is 66.0 Å². The minimum absolute atomic E-state index is 0.00639. The molecule has 0 fully saturated rings. The van der Waals surface area contributed by atoms with Gasteiger partial charge in [-0.25, -0.2) is 4.98 Å². The van der Waals surface area contributed by atoms with Crippen LogP contribution in [0.5, 0.6) is 0 Å². The number of amides is 1. The Balaban J connectivity index is 1.85. The molecular formula is C16H15N3O. The maximum absolute atomic E-state index is 12.5. The van der Waals surface area contributed by atoms with Gasteiger partial charge in [0.1, 0.15) is 5.65 Å². The van der Waals surface area contributed by atoms with Gasteiger partial charge in [0.15, 0.2) is 0 Å². The van der Waals surface area contributed by atoms with Gasteiger partial charge in [-0.05, 0) is 17.7 Å². The van der Waals surface area contributed by atoms with Gasteiger partial charge in [-0.1, -0.05) is 30.3 Å². The highest BCUT2D eigenvalue weighted by molar-refractivity contribution is 6.05. The van der Waals surface area contributed by atoms with Crippen molar-refractivity contribution in [2.24, 2.45) is 0 Å². The van der Waals surface area contributed by atoms with Gasteiger partial charge < -0.3 is 9.88 Å². The number of aromatic amines is 1. The van der Waals surface area contributed by atoms with E-state index in [4.69, 9.17) is 0 Å². The second-order valence-corrected chi connectivity index (χ2v) is 4.75. The molecule has 3 rings (SSSR count). The molecule has 2 aromatic heterocycles. The lowest BCUT2D eigenvalue weighted by Crippen LogP contribution is -2.25. The second-order valence-electron chi connectivity index (χ2n) is 4.75. The van der Waals surface area contributed by atoms with Crippen molar-refractivity contribution in [3.63, 3.8) is 0 Å². The maximum atomic E-state index is 12.5. The van der Waals surface area contributed by atoms with Crippen LogP contribution in [0.15, 0.2) is 54.9 Å². The first-order valence-corrected chi connectivity index (χ1v) is 6.47. The zero-order chi connectivity index (χ0) is 13.9.